The Morgan fingerprint density at radius 1 is 1.18 bits per heavy atom. The molecule has 0 saturated heterocycles. The summed E-state index contributed by atoms with van der Waals surface area (Å²) >= 11 is 6.43. The first-order chi connectivity index (χ1) is 13.5. The van der Waals surface area contributed by atoms with Gasteiger partial charge in [-0.05, 0) is 54.7 Å². The zero-order chi connectivity index (χ0) is 19.8. The summed E-state index contributed by atoms with van der Waals surface area (Å²) in [5.74, 6) is 0.868. The maximum Gasteiger partial charge on any atom is 0.226 e. The van der Waals surface area contributed by atoms with E-state index < -0.39 is 11.9 Å². The third kappa shape index (κ3) is 3.12. The summed E-state index contributed by atoms with van der Waals surface area (Å²) in [5, 5.41) is 0.319. The number of methoxy groups -OCH3 is 2. The van der Waals surface area contributed by atoms with Gasteiger partial charge in [-0.1, -0.05) is 24.1 Å². The van der Waals surface area contributed by atoms with Crippen LogP contribution in [0.4, 0.5) is 4.39 Å². The second-order valence-electron chi connectivity index (χ2n) is 7.35. The lowest BCUT2D eigenvalue weighted by atomic mass is 9.81. The Balaban J connectivity index is 1.89. The maximum atomic E-state index is 14.9. The molecule has 0 radical (unpaired) electrons. The molecule has 148 valence electrons. The smallest absolute Gasteiger partial charge is 0.226 e. The van der Waals surface area contributed by atoms with Gasteiger partial charge >= 0.3 is 0 Å². The van der Waals surface area contributed by atoms with Gasteiger partial charge in [-0.2, -0.15) is 0 Å². The van der Waals surface area contributed by atoms with Crippen molar-refractivity contribution in [1.82, 2.24) is 4.90 Å². The second kappa shape index (κ2) is 7.63. The lowest BCUT2D eigenvalue weighted by Gasteiger charge is -2.41. The zero-order valence-electron chi connectivity index (χ0n) is 16.0. The van der Waals surface area contributed by atoms with E-state index in [1.165, 1.54) is 6.07 Å². The molecule has 2 aromatic rings. The number of benzene rings is 2. The van der Waals surface area contributed by atoms with Gasteiger partial charge in [0.05, 0.1) is 20.3 Å². The molecule has 1 aliphatic heterocycles. The van der Waals surface area contributed by atoms with E-state index in [0.29, 0.717) is 35.1 Å². The van der Waals surface area contributed by atoms with Crippen LogP contribution in [0.1, 0.15) is 42.0 Å². The van der Waals surface area contributed by atoms with Crippen molar-refractivity contribution in [2.45, 2.75) is 31.7 Å². The van der Waals surface area contributed by atoms with Crippen LogP contribution in [0.5, 0.6) is 11.5 Å². The molecule has 28 heavy (non-hydrogen) atoms. The quantitative estimate of drug-likeness (QED) is 0.738. The number of fused-ring (bicyclic) bond motifs is 1. The summed E-state index contributed by atoms with van der Waals surface area (Å²) in [4.78, 5) is 15.0. The molecule has 0 bridgehead atoms. The fourth-order valence-electron chi connectivity index (χ4n) is 4.16. The van der Waals surface area contributed by atoms with Crippen LogP contribution in [-0.2, 0) is 11.2 Å². The number of rotatable bonds is 4. The Kier molecular flexibility index (Phi) is 5.19. The molecule has 0 spiro atoms. The minimum absolute atomic E-state index is 0.0229. The number of nitrogens with zero attached hydrogens (tertiary/aromatic N) is 1. The van der Waals surface area contributed by atoms with Crippen LogP contribution >= 0.6 is 11.6 Å². The Hall–Kier alpha value is -2.27. The normalized spacial score (nSPS) is 19.0. The topological polar surface area (TPSA) is 38.8 Å². The number of halogens is 2. The lowest BCUT2D eigenvalue weighted by molar-refractivity contribution is -0.140. The fourth-order valence-corrected chi connectivity index (χ4v) is 4.42. The predicted molar refractivity (Wildman–Crippen MR) is 106 cm³/mol. The van der Waals surface area contributed by atoms with Crippen LogP contribution < -0.4 is 9.47 Å². The van der Waals surface area contributed by atoms with Crippen molar-refractivity contribution in [3.63, 3.8) is 0 Å². The number of hydrogen-bond donors (Lipinski definition) is 0. The van der Waals surface area contributed by atoms with Gasteiger partial charge in [0.2, 0.25) is 5.91 Å². The molecule has 1 atom stereocenters. The third-order valence-corrected chi connectivity index (χ3v) is 6.21. The monoisotopic (exact) mass is 403 g/mol. The van der Waals surface area contributed by atoms with Gasteiger partial charge in [0.15, 0.2) is 11.5 Å². The first-order valence-corrected chi connectivity index (χ1v) is 9.92. The summed E-state index contributed by atoms with van der Waals surface area (Å²) in [6.07, 6.45) is 3.53. The molecule has 4 nitrogen and oxygen atoms in total. The maximum absolute atomic E-state index is 14.9. The van der Waals surface area contributed by atoms with Crippen molar-refractivity contribution in [3.8, 4) is 11.5 Å². The van der Waals surface area contributed by atoms with E-state index in [-0.39, 0.29) is 11.8 Å². The first-order valence-electron chi connectivity index (χ1n) is 9.54. The van der Waals surface area contributed by atoms with Crippen molar-refractivity contribution in [3.05, 3.63) is 57.9 Å². The summed E-state index contributed by atoms with van der Waals surface area (Å²) < 4.78 is 25.8. The molecule has 0 unspecified atom stereocenters. The van der Waals surface area contributed by atoms with E-state index in [9.17, 15) is 9.18 Å². The first kappa shape index (κ1) is 19.1. The molecular weight excluding hydrogens is 381 g/mol. The molecule has 1 heterocycles. The van der Waals surface area contributed by atoms with Crippen LogP contribution in [0.15, 0.2) is 30.3 Å². The van der Waals surface area contributed by atoms with Gasteiger partial charge in [0.1, 0.15) is 5.82 Å². The molecule has 1 fully saturated rings. The van der Waals surface area contributed by atoms with Crippen LogP contribution in [-0.4, -0.2) is 31.6 Å². The summed E-state index contributed by atoms with van der Waals surface area (Å²) in [7, 11) is 3.15. The molecule has 4 rings (SSSR count). The average Bonchev–Trinajstić information content (AvgIpc) is 2.65. The molecule has 1 amide bonds. The Morgan fingerprint density at radius 3 is 2.50 bits per heavy atom. The van der Waals surface area contributed by atoms with Crippen molar-refractivity contribution in [2.24, 2.45) is 5.92 Å². The number of hydrogen-bond acceptors (Lipinski definition) is 3. The van der Waals surface area contributed by atoms with Crippen LogP contribution in [0.25, 0.3) is 0 Å². The van der Waals surface area contributed by atoms with Gasteiger partial charge in [0.25, 0.3) is 0 Å². The van der Waals surface area contributed by atoms with Crippen molar-refractivity contribution in [1.29, 1.82) is 0 Å². The van der Waals surface area contributed by atoms with E-state index in [2.05, 4.69) is 0 Å². The lowest BCUT2D eigenvalue weighted by Crippen LogP contribution is -2.45. The predicted octanol–water partition coefficient (Wildman–Crippen LogP) is 4.77. The van der Waals surface area contributed by atoms with E-state index >= 15 is 0 Å². The molecule has 6 heteroatoms. The van der Waals surface area contributed by atoms with Gasteiger partial charge in [-0.15, -0.1) is 0 Å². The highest BCUT2D eigenvalue weighted by Crippen LogP contribution is 2.45. The van der Waals surface area contributed by atoms with E-state index in [4.69, 9.17) is 21.1 Å². The highest BCUT2D eigenvalue weighted by atomic mass is 35.5. The third-order valence-electron chi connectivity index (χ3n) is 5.88. The molecule has 1 saturated carbocycles. The number of carbonyl (C=O) groups excluding carboxylic acids is 1. The van der Waals surface area contributed by atoms with Crippen LogP contribution in [0.3, 0.4) is 0 Å². The van der Waals surface area contributed by atoms with Gasteiger partial charge in [-0.3, -0.25) is 4.79 Å². The Bertz CT molecular complexity index is 893. The molecule has 0 N–H and O–H groups in total. The van der Waals surface area contributed by atoms with Crippen molar-refractivity contribution < 1.29 is 18.7 Å². The Labute approximate surface area is 169 Å². The van der Waals surface area contributed by atoms with Gasteiger partial charge in [0, 0.05) is 23.0 Å². The molecule has 0 aromatic heterocycles. The summed E-state index contributed by atoms with van der Waals surface area (Å²) in [6.45, 7) is 0.521. The van der Waals surface area contributed by atoms with E-state index in [1.807, 2.05) is 12.1 Å². The summed E-state index contributed by atoms with van der Waals surface area (Å²) in [6, 6.07) is 7.83. The Morgan fingerprint density at radius 2 is 1.89 bits per heavy atom. The highest BCUT2D eigenvalue weighted by molar-refractivity contribution is 6.31. The standard InChI is InChI=1S/C22H23ClFNO3/c1-27-18-11-14-9-10-25(22(26)13-5-3-6-13)21(15(14)12-19(18)28-2)20-16(23)7-4-8-17(20)24/h4,7-8,11-13,21H,3,5-6,9-10H2,1-2H3/t21-/m1/s1. The van der Waals surface area contributed by atoms with E-state index in [1.54, 1.807) is 31.3 Å². The van der Waals surface area contributed by atoms with E-state index in [0.717, 1.165) is 30.4 Å². The molecule has 2 aliphatic rings. The van der Waals surface area contributed by atoms with Gasteiger partial charge < -0.3 is 14.4 Å². The zero-order valence-corrected chi connectivity index (χ0v) is 16.8. The van der Waals surface area contributed by atoms with Crippen LogP contribution in [0.2, 0.25) is 5.02 Å². The molecular formula is C22H23ClFNO3. The van der Waals surface area contributed by atoms with Crippen molar-refractivity contribution >= 4 is 17.5 Å². The van der Waals surface area contributed by atoms with Crippen LogP contribution in [0, 0.1) is 11.7 Å². The number of carbonyl (C=O) groups is 1. The average molecular weight is 404 g/mol. The van der Waals surface area contributed by atoms with Crippen molar-refractivity contribution in [2.75, 3.05) is 20.8 Å². The van der Waals surface area contributed by atoms with Gasteiger partial charge in [-0.25, -0.2) is 4.39 Å². The SMILES string of the molecule is COc1cc2c(cc1OC)[C@H](c1c(F)cccc1Cl)N(C(=O)C1CCC1)CC2. The minimum atomic E-state index is -0.578. The second-order valence-corrected chi connectivity index (χ2v) is 7.76. The summed E-state index contributed by atoms with van der Waals surface area (Å²) in [5.41, 5.74) is 2.19. The molecule has 2 aromatic carbocycles. The number of amides is 1. The minimum Gasteiger partial charge on any atom is -0.493 e. The molecule has 1 aliphatic carbocycles. The highest BCUT2D eigenvalue weighted by Gasteiger charge is 2.39. The fraction of sp³-hybridized carbons (Fsp3) is 0.409. The largest absolute Gasteiger partial charge is 0.493 e. The number of ether oxygens (including phenoxy) is 2.